The van der Waals surface area contributed by atoms with Gasteiger partial charge in [-0.3, -0.25) is 4.79 Å². The van der Waals surface area contributed by atoms with Crippen molar-refractivity contribution >= 4 is 5.91 Å². The normalized spacial score (nSPS) is 15.3. The molecule has 0 aromatic rings. The fourth-order valence-corrected chi connectivity index (χ4v) is 1.67. The monoisotopic (exact) mass is 215 g/mol. The van der Waals surface area contributed by atoms with Crippen molar-refractivity contribution in [2.24, 2.45) is 5.73 Å². The van der Waals surface area contributed by atoms with E-state index in [1.165, 1.54) is 0 Å². The number of carbonyl (C=O) groups excluding carboxylic acids is 1. The Morgan fingerprint density at radius 1 is 1.33 bits per heavy atom. The first-order valence-corrected chi connectivity index (χ1v) is 5.82. The van der Waals surface area contributed by atoms with E-state index in [1.807, 2.05) is 6.92 Å². The molecule has 90 valence electrons. The van der Waals surface area contributed by atoms with Gasteiger partial charge in [-0.2, -0.15) is 0 Å². The quantitative estimate of drug-likeness (QED) is 0.622. The van der Waals surface area contributed by atoms with Crippen LogP contribution in [0.5, 0.6) is 0 Å². The lowest BCUT2D eigenvalue weighted by atomic mass is 10.2. The van der Waals surface area contributed by atoms with Crippen LogP contribution < -0.4 is 11.1 Å². The van der Waals surface area contributed by atoms with E-state index in [0.717, 1.165) is 26.1 Å². The van der Waals surface area contributed by atoms with Crippen molar-refractivity contribution in [3.8, 4) is 0 Å². The van der Waals surface area contributed by atoms with Gasteiger partial charge in [0.05, 0.1) is 6.04 Å². The van der Waals surface area contributed by atoms with Crippen LogP contribution in [0, 0.1) is 0 Å². The number of nitrogens with one attached hydrogen (secondary N) is 1. The SMILES string of the molecule is CCC(NC(C)CN(CC)CC)C(N)=O. The van der Waals surface area contributed by atoms with E-state index in [1.54, 1.807) is 0 Å². The number of nitrogens with two attached hydrogens (primary N) is 1. The topological polar surface area (TPSA) is 58.4 Å². The highest BCUT2D eigenvalue weighted by Crippen LogP contribution is 1.96. The van der Waals surface area contributed by atoms with Crippen molar-refractivity contribution in [1.82, 2.24) is 10.2 Å². The van der Waals surface area contributed by atoms with Gasteiger partial charge in [-0.05, 0) is 26.4 Å². The van der Waals surface area contributed by atoms with Crippen LogP contribution in [-0.2, 0) is 4.79 Å². The summed E-state index contributed by atoms with van der Waals surface area (Å²) in [7, 11) is 0. The Morgan fingerprint density at radius 2 is 1.87 bits per heavy atom. The molecule has 4 nitrogen and oxygen atoms in total. The molecular weight excluding hydrogens is 190 g/mol. The van der Waals surface area contributed by atoms with Gasteiger partial charge >= 0.3 is 0 Å². The number of rotatable bonds is 8. The van der Waals surface area contributed by atoms with Gasteiger partial charge in [-0.25, -0.2) is 0 Å². The molecule has 15 heavy (non-hydrogen) atoms. The van der Waals surface area contributed by atoms with Crippen molar-refractivity contribution < 1.29 is 4.79 Å². The molecule has 0 spiro atoms. The molecule has 2 unspecified atom stereocenters. The Bertz CT molecular complexity index is 181. The molecule has 0 aromatic carbocycles. The summed E-state index contributed by atoms with van der Waals surface area (Å²) >= 11 is 0. The molecule has 0 fully saturated rings. The molecule has 0 radical (unpaired) electrons. The summed E-state index contributed by atoms with van der Waals surface area (Å²) < 4.78 is 0. The lowest BCUT2D eigenvalue weighted by molar-refractivity contribution is -0.120. The fourth-order valence-electron chi connectivity index (χ4n) is 1.67. The van der Waals surface area contributed by atoms with Crippen molar-refractivity contribution in [2.45, 2.75) is 46.2 Å². The molecular formula is C11H25N3O. The summed E-state index contributed by atoms with van der Waals surface area (Å²) in [6, 6.07) is 0.0953. The lowest BCUT2D eigenvalue weighted by Crippen LogP contribution is -2.49. The van der Waals surface area contributed by atoms with Crippen LogP contribution >= 0.6 is 0 Å². The van der Waals surface area contributed by atoms with Crippen molar-refractivity contribution in [3.63, 3.8) is 0 Å². The third-order valence-corrected chi connectivity index (χ3v) is 2.66. The molecule has 0 heterocycles. The largest absolute Gasteiger partial charge is 0.368 e. The number of carbonyl (C=O) groups is 1. The van der Waals surface area contributed by atoms with Gasteiger partial charge in [0.2, 0.25) is 5.91 Å². The first kappa shape index (κ1) is 14.4. The van der Waals surface area contributed by atoms with E-state index in [-0.39, 0.29) is 11.9 Å². The molecule has 0 aliphatic rings. The zero-order chi connectivity index (χ0) is 11.8. The number of primary amides is 1. The molecule has 0 saturated heterocycles. The molecule has 0 aliphatic carbocycles. The van der Waals surface area contributed by atoms with Gasteiger partial charge in [-0.1, -0.05) is 20.8 Å². The van der Waals surface area contributed by atoms with Crippen LogP contribution in [-0.4, -0.2) is 42.5 Å². The van der Waals surface area contributed by atoms with E-state index in [2.05, 4.69) is 31.0 Å². The summed E-state index contributed by atoms with van der Waals surface area (Å²) in [5.74, 6) is -0.260. The van der Waals surface area contributed by atoms with Gasteiger partial charge < -0.3 is 16.0 Å². The van der Waals surface area contributed by atoms with E-state index in [0.29, 0.717) is 6.04 Å². The van der Waals surface area contributed by atoms with E-state index in [4.69, 9.17) is 5.73 Å². The second-order valence-electron chi connectivity index (χ2n) is 3.92. The number of nitrogens with zero attached hydrogens (tertiary/aromatic N) is 1. The average Bonchev–Trinajstić information content (AvgIpc) is 2.22. The maximum absolute atomic E-state index is 11.0. The minimum Gasteiger partial charge on any atom is -0.368 e. The highest BCUT2D eigenvalue weighted by atomic mass is 16.1. The molecule has 0 bridgehead atoms. The summed E-state index contributed by atoms with van der Waals surface area (Å²) in [6.07, 6.45) is 0.748. The number of likely N-dealkylation sites (N-methyl/N-ethyl adjacent to an activating group) is 1. The van der Waals surface area contributed by atoms with E-state index in [9.17, 15) is 4.79 Å². The second kappa shape index (κ2) is 7.65. The van der Waals surface area contributed by atoms with Crippen molar-refractivity contribution in [3.05, 3.63) is 0 Å². The van der Waals surface area contributed by atoms with Gasteiger partial charge in [-0.15, -0.1) is 0 Å². The zero-order valence-electron chi connectivity index (χ0n) is 10.4. The third-order valence-electron chi connectivity index (χ3n) is 2.66. The van der Waals surface area contributed by atoms with Gasteiger partial charge in [0.25, 0.3) is 0 Å². The van der Waals surface area contributed by atoms with Gasteiger partial charge in [0, 0.05) is 12.6 Å². The van der Waals surface area contributed by atoms with Crippen molar-refractivity contribution in [2.75, 3.05) is 19.6 Å². The number of hydrogen-bond donors (Lipinski definition) is 2. The molecule has 0 rings (SSSR count). The molecule has 0 aliphatic heterocycles. The first-order chi connectivity index (χ1) is 7.04. The van der Waals surface area contributed by atoms with E-state index >= 15 is 0 Å². The van der Waals surface area contributed by atoms with E-state index < -0.39 is 0 Å². The van der Waals surface area contributed by atoms with Crippen LogP contribution in [0.15, 0.2) is 0 Å². The van der Waals surface area contributed by atoms with Crippen LogP contribution in [0.4, 0.5) is 0 Å². The Hall–Kier alpha value is -0.610. The highest BCUT2D eigenvalue weighted by Gasteiger charge is 2.16. The van der Waals surface area contributed by atoms with Gasteiger partial charge in [0.15, 0.2) is 0 Å². The lowest BCUT2D eigenvalue weighted by Gasteiger charge is -2.26. The number of amides is 1. The maximum atomic E-state index is 11.0. The Labute approximate surface area is 93.2 Å². The Kier molecular flexibility index (Phi) is 7.34. The maximum Gasteiger partial charge on any atom is 0.234 e. The summed E-state index contributed by atoms with van der Waals surface area (Å²) in [5.41, 5.74) is 5.28. The summed E-state index contributed by atoms with van der Waals surface area (Å²) in [5, 5.41) is 3.25. The second-order valence-corrected chi connectivity index (χ2v) is 3.92. The minimum atomic E-state index is -0.260. The summed E-state index contributed by atoms with van der Waals surface area (Å²) in [6.45, 7) is 11.4. The molecule has 0 aromatic heterocycles. The smallest absolute Gasteiger partial charge is 0.234 e. The highest BCUT2D eigenvalue weighted by molar-refractivity contribution is 5.79. The van der Waals surface area contributed by atoms with Crippen LogP contribution in [0.25, 0.3) is 0 Å². The van der Waals surface area contributed by atoms with Crippen molar-refractivity contribution in [1.29, 1.82) is 0 Å². The predicted octanol–water partition coefficient (Wildman–Crippen LogP) is 0.570. The van der Waals surface area contributed by atoms with Crippen LogP contribution in [0.2, 0.25) is 0 Å². The predicted molar refractivity (Wildman–Crippen MR) is 63.7 cm³/mol. The average molecular weight is 215 g/mol. The molecule has 3 N–H and O–H groups in total. The fraction of sp³-hybridized carbons (Fsp3) is 0.909. The number of hydrogen-bond acceptors (Lipinski definition) is 3. The van der Waals surface area contributed by atoms with Gasteiger partial charge in [0.1, 0.15) is 0 Å². The summed E-state index contributed by atoms with van der Waals surface area (Å²) in [4.78, 5) is 13.4. The van der Waals surface area contributed by atoms with Crippen LogP contribution in [0.3, 0.4) is 0 Å². The standard InChI is InChI=1S/C11H25N3O/c1-5-10(11(12)15)13-9(4)8-14(6-2)7-3/h9-10,13H,5-8H2,1-4H3,(H2,12,15). The third kappa shape index (κ3) is 5.74. The molecule has 0 saturated carbocycles. The molecule has 2 atom stereocenters. The zero-order valence-corrected chi connectivity index (χ0v) is 10.4. The molecule has 4 heteroatoms. The van der Waals surface area contributed by atoms with Crippen LogP contribution in [0.1, 0.15) is 34.1 Å². The Balaban J connectivity index is 3.99. The Morgan fingerprint density at radius 3 is 2.20 bits per heavy atom. The first-order valence-electron chi connectivity index (χ1n) is 5.82. The minimum absolute atomic E-state index is 0.199. The molecule has 1 amide bonds.